The fourth-order valence-corrected chi connectivity index (χ4v) is 2.90. The van der Waals surface area contributed by atoms with Gasteiger partial charge >= 0.3 is 6.03 Å². The molecule has 0 bridgehead atoms. The average Bonchev–Trinajstić information content (AvgIpc) is 2.67. The van der Waals surface area contributed by atoms with Gasteiger partial charge < -0.3 is 5.32 Å². The first-order valence-corrected chi connectivity index (χ1v) is 5.85. The van der Waals surface area contributed by atoms with Crippen LogP contribution in [-0.4, -0.2) is 13.1 Å². The number of nitrogens with one attached hydrogen (secondary N) is 2. The van der Waals surface area contributed by atoms with Crippen LogP contribution < -0.4 is 10.8 Å². The lowest BCUT2D eigenvalue weighted by atomic mass is 9.94. The number of thiophene rings is 1. The lowest BCUT2D eigenvalue weighted by molar-refractivity contribution is 0.105. The largest absolute Gasteiger partial charge is 0.339 e. The average molecular weight is 226 g/mol. The van der Waals surface area contributed by atoms with E-state index in [4.69, 9.17) is 0 Å². The number of urea groups is 1. The summed E-state index contributed by atoms with van der Waals surface area (Å²) in [5.74, 6) is 0. The van der Waals surface area contributed by atoms with E-state index >= 15 is 0 Å². The number of carbonyl (C=O) groups is 1. The van der Waals surface area contributed by atoms with Crippen molar-refractivity contribution in [2.24, 2.45) is 0 Å². The Labute approximate surface area is 92.6 Å². The van der Waals surface area contributed by atoms with E-state index in [9.17, 15) is 4.79 Å². The highest BCUT2D eigenvalue weighted by molar-refractivity contribution is 7.10. The van der Waals surface area contributed by atoms with Crippen molar-refractivity contribution >= 4 is 17.4 Å². The van der Waals surface area contributed by atoms with Gasteiger partial charge in [0, 0.05) is 4.88 Å². The molecule has 0 saturated heterocycles. The highest BCUT2D eigenvalue weighted by Gasteiger charge is 2.22. The van der Waals surface area contributed by atoms with Gasteiger partial charge in [-0.2, -0.15) is 0 Å². The molecular weight excluding hydrogens is 212 g/mol. The molecule has 5 heteroatoms. The van der Waals surface area contributed by atoms with Crippen LogP contribution in [0.2, 0.25) is 0 Å². The standard InChI is InChI=1S/C10H14N2O2S/c1-14-12-10(13)11-8-3-2-4-9-7(8)5-6-15-9/h5-6,8H,2-4H2,1H3,(H2,11,12,13)/t8-/m0/s1. The Morgan fingerprint density at radius 3 is 3.33 bits per heavy atom. The SMILES string of the molecule is CONC(=O)N[C@H]1CCCc2sccc21. The number of fused-ring (bicyclic) bond motifs is 1. The van der Waals surface area contributed by atoms with Crippen molar-refractivity contribution in [2.75, 3.05) is 7.11 Å². The van der Waals surface area contributed by atoms with Gasteiger partial charge in [-0.25, -0.2) is 10.3 Å². The third-order valence-electron chi connectivity index (χ3n) is 2.55. The quantitative estimate of drug-likeness (QED) is 0.758. The van der Waals surface area contributed by atoms with E-state index in [1.54, 1.807) is 11.3 Å². The molecule has 1 aromatic heterocycles. The van der Waals surface area contributed by atoms with Crippen molar-refractivity contribution in [1.29, 1.82) is 0 Å². The Kier molecular flexibility index (Phi) is 3.23. The van der Waals surface area contributed by atoms with Crippen LogP contribution in [0.4, 0.5) is 4.79 Å². The minimum absolute atomic E-state index is 0.134. The molecule has 4 nitrogen and oxygen atoms in total. The smallest absolute Gasteiger partial charge is 0.330 e. The van der Waals surface area contributed by atoms with Crippen molar-refractivity contribution < 1.29 is 9.63 Å². The number of hydrogen-bond donors (Lipinski definition) is 2. The molecule has 1 aliphatic carbocycles. The molecule has 0 unspecified atom stereocenters. The number of carbonyl (C=O) groups excluding carboxylic acids is 1. The predicted molar refractivity (Wildman–Crippen MR) is 58.7 cm³/mol. The van der Waals surface area contributed by atoms with Gasteiger partial charge in [-0.3, -0.25) is 4.84 Å². The molecule has 1 heterocycles. The predicted octanol–water partition coefficient (Wildman–Crippen LogP) is 1.99. The number of aryl methyl sites for hydroxylation is 1. The van der Waals surface area contributed by atoms with Crippen LogP contribution in [0.3, 0.4) is 0 Å². The molecule has 2 rings (SSSR count). The van der Waals surface area contributed by atoms with Crippen LogP contribution >= 0.6 is 11.3 Å². The molecule has 82 valence electrons. The maximum atomic E-state index is 11.3. The second-order valence-corrected chi connectivity index (χ2v) is 4.52. The van der Waals surface area contributed by atoms with Gasteiger partial charge in [0.05, 0.1) is 13.2 Å². The highest BCUT2D eigenvalue weighted by atomic mass is 32.1. The second-order valence-electron chi connectivity index (χ2n) is 3.52. The van der Waals surface area contributed by atoms with Crippen molar-refractivity contribution in [3.05, 3.63) is 21.9 Å². The van der Waals surface area contributed by atoms with Crippen molar-refractivity contribution in [3.63, 3.8) is 0 Å². The molecule has 1 atom stereocenters. The van der Waals surface area contributed by atoms with Gasteiger partial charge in [-0.05, 0) is 36.3 Å². The van der Waals surface area contributed by atoms with E-state index in [1.807, 2.05) is 0 Å². The van der Waals surface area contributed by atoms with E-state index in [2.05, 4.69) is 27.1 Å². The molecule has 1 aromatic rings. The number of amides is 2. The van der Waals surface area contributed by atoms with Crippen LogP contribution in [0.25, 0.3) is 0 Å². The van der Waals surface area contributed by atoms with Gasteiger partial charge in [-0.15, -0.1) is 11.3 Å². The number of hydrogen-bond acceptors (Lipinski definition) is 3. The summed E-state index contributed by atoms with van der Waals surface area (Å²) in [7, 11) is 1.43. The zero-order valence-corrected chi connectivity index (χ0v) is 9.39. The normalized spacial score (nSPS) is 19.4. The maximum Gasteiger partial charge on any atom is 0.339 e. The number of hydroxylamine groups is 1. The molecule has 0 fully saturated rings. The minimum Gasteiger partial charge on any atom is -0.330 e. The molecule has 0 saturated carbocycles. The van der Waals surface area contributed by atoms with Crippen LogP contribution in [0.15, 0.2) is 11.4 Å². The molecule has 1 aliphatic rings. The van der Waals surface area contributed by atoms with Gasteiger partial charge in [0.1, 0.15) is 0 Å². The van der Waals surface area contributed by atoms with Gasteiger partial charge in [0.15, 0.2) is 0 Å². The van der Waals surface area contributed by atoms with Crippen molar-refractivity contribution in [3.8, 4) is 0 Å². The monoisotopic (exact) mass is 226 g/mol. The Balaban J connectivity index is 2.03. The third-order valence-corrected chi connectivity index (χ3v) is 3.55. The Hall–Kier alpha value is -1.07. The Morgan fingerprint density at radius 2 is 2.53 bits per heavy atom. The van der Waals surface area contributed by atoms with Crippen molar-refractivity contribution in [2.45, 2.75) is 25.3 Å². The van der Waals surface area contributed by atoms with Crippen LogP contribution in [-0.2, 0) is 11.3 Å². The second kappa shape index (κ2) is 4.63. The summed E-state index contributed by atoms with van der Waals surface area (Å²) in [6.45, 7) is 0. The molecular formula is C10H14N2O2S. The summed E-state index contributed by atoms with van der Waals surface area (Å²) < 4.78 is 0. The van der Waals surface area contributed by atoms with Gasteiger partial charge in [-0.1, -0.05) is 0 Å². The first-order valence-electron chi connectivity index (χ1n) is 4.97. The molecule has 2 N–H and O–H groups in total. The van der Waals surface area contributed by atoms with E-state index in [0.29, 0.717) is 0 Å². The number of rotatable bonds is 2. The van der Waals surface area contributed by atoms with E-state index in [1.165, 1.54) is 17.6 Å². The summed E-state index contributed by atoms with van der Waals surface area (Å²) in [5.41, 5.74) is 3.53. The Bertz CT molecular complexity index is 351. The van der Waals surface area contributed by atoms with Gasteiger partial charge in [0.25, 0.3) is 0 Å². The van der Waals surface area contributed by atoms with Gasteiger partial charge in [0.2, 0.25) is 0 Å². The first-order chi connectivity index (χ1) is 7.31. The van der Waals surface area contributed by atoms with Crippen LogP contribution in [0.5, 0.6) is 0 Å². The molecule has 15 heavy (non-hydrogen) atoms. The topological polar surface area (TPSA) is 50.4 Å². The van der Waals surface area contributed by atoms with E-state index in [-0.39, 0.29) is 12.1 Å². The van der Waals surface area contributed by atoms with Crippen LogP contribution in [0.1, 0.15) is 29.3 Å². The highest BCUT2D eigenvalue weighted by Crippen LogP contribution is 2.32. The summed E-state index contributed by atoms with van der Waals surface area (Å²) in [6, 6.07) is 1.95. The van der Waals surface area contributed by atoms with Crippen molar-refractivity contribution in [1.82, 2.24) is 10.8 Å². The zero-order chi connectivity index (χ0) is 10.7. The summed E-state index contributed by atoms with van der Waals surface area (Å²) >= 11 is 1.77. The molecule has 0 aliphatic heterocycles. The maximum absolute atomic E-state index is 11.3. The molecule has 0 spiro atoms. The summed E-state index contributed by atoms with van der Waals surface area (Å²) in [6.07, 6.45) is 3.27. The molecule has 0 aromatic carbocycles. The summed E-state index contributed by atoms with van der Waals surface area (Å²) in [5, 5.41) is 4.98. The zero-order valence-electron chi connectivity index (χ0n) is 8.58. The molecule has 0 radical (unpaired) electrons. The van der Waals surface area contributed by atoms with E-state index in [0.717, 1.165) is 19.3 Å². The summed E-state index contributed by atoms with van der Waals surface area (Å²) in [4.78, 5) is 17.2. The lowest BCUT2D eigenvalue weighted by Gasteiger charge is -2.23. The fourth-order valence-electron chi connectivity index (χ4n) is 1.92. The Morgan fingerprint density at radius 1 is 1.67 bits per heavy atom. The third kappa shape index (κ3) is 2.30. The fraction of sp³-hybridized carbons (Fsp3) is 0.500. The van der Waals surface area contributed by atoms with E-state index < -0.39 is 0 Å². The molecule has 2 amide bonds. The van der Waals surface area contributed by atoms with Crippen LogP contribution in [0, 0.1) is 0 Å². The minimum atomic E-state index is -0.276. The lowest BCUT2D eigenvalue weighted by Crippen LogP contribution is -2.38. The first kappa shape index (κ1) is 10.4.